The van der Waals surface area contributed by atoms with Crippen LogP contribution in [0, 0.1) is 0 Å². The quantitative estimate of drug-likeness (QED) is 0.739. The monoisotopic (exact) mass is 293 g/mol. The van der Waals surface area contributed by atoms with Gasteiger partial charge in [-0.2, -0.15) is 0 Å². The van der Waals surface area contributed by atoms with Crippen molar-refractivity contribution in [3.8, 4) is 11.5 Å². The van der Waals surface area contributed by atoms with Crippen molar-refractivity contribution in [3.63, 3.8) is 0 Å². The van der Waals surface area contributed by atoms with Crippen molar-refractivity contribution in [3.05, 3.63) is 12.1 Å². The van der Waals surface area contributed by atoms with Gasteiger partial charge in [-0.3, -0.25) is 4.79 Å². The molecule has 4 N–H and O–H groups in total. The smallest absolute Gasteiger partial charge is 0.242 e. The van der Waals surface area contributed by atoms with Gasteiger partial charge in [0.2, 0.25) is 5.91 Å². The van der Waals surface area contributed by atoms with Gasteiger partial charge in [0, 0.05) is 17.7 Å². The maximum absolute atomic E-state index is 12.1. The zero-order valence-corrected chi connectivity index (χ0v) is 12.9. The molecule has 0 spiro atoms. The number of fused-ring (bicyclic) bond motifs is 1. The van der Waals surface area contributed by atoms with Gasteiger partial charge in [-0.25, -0.2) is 0 Å². The number of hydrogen-bond acceptors (Lipinski definition) is 5. The Morgan fingerprint density at radius 1 is 1.24 bits per heavy atom. The molecule has 1 unspecified atom stereocenters. The highest BCUT2D eigenvalue weighted by molar-refractivity contribution is 5.86. The van der Waals surface area contributed by atoms with Gasteiger partial charge in [-0.05, 0) is 27.7 Å². The van der Waals surface area contributed by atoms with E-state index in [1.165, 1.54) is 0 Å². The van der Waals surface area contributed by atoms with E-state index < -0.39 is 6.04 Å². The van der Waals surface area contributed by atoms with Crippen LogP contribution in [0.4, 0.5) is 11.4 Å². The van der Waals surface area contributed by atoms with Gasteiger partial charge in [0.15, 0.2) is 11.5 Å². The number of carbonyl (C=O) groups excluding carboxylic acids is 1. The number of nitrogens with one attached hydrogen (secondary N) is 2. The summed E-state index contributed by atoms with van der Waals surface area (Å²) in [7, 11) is 0. The average molecular weight is 293 g/mol. The lowest BCUT2D eigenvalue weighted by molar-refractivity contribution is -0.122. The number of nitrogen functional groups attached to an aromatic ring is 1. The first-order valence-electron chi connectivity index (χ1n) is 7.04. The number of ether oxygens (including phenoxy) is 2. The number of benzene rings is 1. The van der Waals surface area contributed by atoms with Gasteiger partial charge in [0.25, 0.3) is 0 Å². The Balaban J connectivity index is 2.10. The van der Waals surface area contributed by atoms with E-state index in [1.807, 2.05) is 20.8 Å². The highest BCUT2D eigenvalue weighted by Gasteiger charge is 2.21. The standard InChI is InChI=1S/C15H23N3O3/c1-9(14(19)18-15(2,3)4)17-11-8-13-12(7-10(11)16)20-5-6-21-13/h7-9,17H,5-6,16H2,1-4H3,(H,18,19). The molecule has 1 amide bonds. The van der Waals surface area contributed by atoms with Gasteiger partial charge >= 0.3 is 0 Å². The summed E-state index contributed by atoms with van der Waals surface area (Å²) < 4.78 is 11.0. The van der Waals surface area contributed by atoms with Crippen LogP contribution in [0.5, 0.6) is 11.5 Å². The molecular weight excluding hydrogens is 270 g/mol. The fourth-order valence-corrected chi connectivity index (χ4v) is 2.01. The molecule has 1 aliphatic heterocycles. The Hall–Kier alpha value is -2.11. The molecule has 1 aromatic rings. The third-order valence-electron chi connectivity index (χ3n) is 2.98. The first-order valence-corrected chi connectivity index (χ1v) is 7.04. The first kappa shape index (κ1) is 15.3. The third-order valence-corrected chi connectivity index (χ3v) is 2.98. The Morgan fingerprint density at radius 3 is 2.38 bits per heavy atom. The molecule has 116 valence electrons. The Bertz CT molecular complexity index is 538. The van der Waals surface area contributed by atoms with Crippen LogP contribution in [-0.2, 0) is 4.79 Å². The molecule has 2 rings (SSSR count). The van der Waals surface area contributed by atoms with Crippen LogP contribution in [0.1, 0.15) is 27.7 Å². The Kier molecular flexibility index (Phi) is 4.16. The van der Waals surface area contributed by atoms with Crippen LogP contribution in [0.25, 0.3) is 0 Å². The molecule has 6 heteroatoms. The number of nitrogens with two attached hydrogens (primary N) is 1. The molecule has 21 heavy (non-hydrogen) atoms. The summed E-state index contributed by atoms with van der Waals surface area (Å²) in [6.45, 7) is 8.64. The molecule has 0 bridgehead atoms. The summed E-state index contributed by atoms with van der Waals surface area (Å²) in [5.41, 5.74) is 6.90. The lowest BCUT2D eigenvalue weighted by Gasteiger charge is -2.25. The zero-order chi connectivity index (χ0) is 15.6. The van der Waals surface area contributed by atoms with Crippen LogP contribution in [0.2, 0.25) is 0 Å². The maximum atomic E-state index is 12.1. The number of hydrogen-bond donors (Lipinski definition) is 3. The molecule has 1 atom stereocenters. The van der Waals surface area contributed by atoms with Crippen LogP contribution < -0.4 is 25.8 Å². The summed E-state index contributed by atoms with van der Waals surface area (Å²) in [5, 5.41) is 6.03. The summed E-state index contributed by atoms with van der Waals surface area (Å²) in [6.07, 6.45) is 0. The minimum absolute atomic E-state index is 0.0863. The lowest BCUT2D eigenvalue weighted by atomic mass is 10.1. The van der Waals surface area contributed by atoms with E-state index >= 15 is 0 Å². The number of carbonyl (C=O) groups is 1. The largest absolute Gasteiger partial charge is 0.486 e. The molecule has 1 aliphatic rings. The fourth-order valence-electron chi connectivity index (χ4n) is 2.01. The zero-order valence-electron chi connectivity index (χ0n) is 12.9. The Morgan fingerprint density at radius 2 is 1.81 bits per heavy atom. The van der Waals surface area contributed by atoms with Crippen LogP contribution in [0.15, 0.2) is 12.1 Å². The summed E-state index contributed by atoms with van der Waals surface area (Å²) >= 11 is 0. The Labute approximate surface area is 125 Å². The van der Waals surface area contributed by atoms with E-state index in [2.05, 4.69) is 10.6 Å². The molecule has 0 aliphatic carbocycles. The van der Waals surface area contributed by atoms with Gasteiger partial charge in [-0.1, -0.05) is 0 Å². The van der Waals surface area contributed by atoms with E-state index in [9.17, 15) is 4.79 Å². The van der Waals surface area contributed by atoms with Crippen molar-refractivity contribution in [1.82, 2.24) is 5.32 Å². The predicted molar refractivity (Wildman–Crippen MR) is 82.8 cm³/mol. The topological polar surface area (TPSA) is 85.6 Å². The van der Waals surface area contributed by atoms with Gasteiger partial charge in [0.1, 0.15) is 19.3 Å². The van der Waals surface area contributed by atoms with Crippen molar-refractivity contribution in [1.29, 1.82) is 0 Å². The van der Waals surface area contributed by atoms with E-state index in [-0.39, 0.29) is 11.4 Å². The molecular formula is C15H23N3O3. The van der Waals surface area contributed by atoms with E-state index in [1.54, 1.807) is 19.1 Å². The highest BCUT2D eigenvalue weighted by atomic mass is 16.6. The molecule has 1 aromatic carbocycles. The van der Waals surface area contributed by atoms with Crippen molar-refractivity contribution >= 4 is 17.3 Å². The molecule has 0 aromatic heterocycles. The minimum Gasteiger partial charge on any atom is -0.486 e. The van der Waals surface area contributed by atoms with Gasteiger partial charge in [0.05, 0.1) is 11.4 Å². The molecule has 0 saturated carbocycles. The fraction of sp³-hybridized carbons (Fsp3) is 0.533. The van der Waals surface area contributed by atoms with Crippen molar-refractivity contribution in [2.75, 3.05) is 24.3 Å². The van der Waals surface area contributed by atoms with E-state index in [0.717, 1.165) is 0 Å². The predicted octanol–water partition coefficient (Wildman–Crippen LogP) is 1.76. The van der Waals surface area contributed by atoms with Gasteiger partial charge in [-0.15, -0.1) is 0 Å². The normalized spacial score (nSPS) is 15.2. The average Bonchev–Trinajstić information content (AvgIpc) is 2.37. The van der Waals surface area contributed by atoms with E-state index in [4.69, 9.17) is 15.2 Å². The molecule has 6 nitrogen and oxygen atoms in total. The van der Waals surface area contributed by atoms with Gasteiger partial charge < -0.3 is 25.8 Å². The second-order valence-corrected chi connectivity index (χ2v) is 6.19. The van der Waals surface area contributed by atoms with Crippen molar-refractivity contribution in [2.24, 2.45) is 0 Å². The van der Waals surface area contributed by atoms with Crippen LogP contribution in [-0.4, -0.2) is 30.7 Å². The maximum Gasteiger partial charge on any atom is 0.242 e. The molecule has 0 saturated heterocycles. The second-order valence-electron chi connectivity index (χ2n) is 6.19. The summed E-state index contributed by atoms with van der Waals surface area (Å²) in [4.78, 5) is 12.1. The van der Waals surface area contributed by atoms with Crippen molar-refractivity contribution < 1.29 is 14.3 Å². The SMILES string of the molecule is CC(Nc1cc2c(cc1N)OCCO2)C(=O)NC(C)(C)C. The summed E-state index contributed by atoms with van der Waals surface area (Å²) in [5.74, 6) is 1.19. The number of amides is 1. The second kappa shape index (κ2) is 5.71. The van der Waals surface area contributed by atoms with Crippen molar-refractivity contribution in [2.45, 2.75) is 39.3 Å². The number of anilines is 2. The minimum atomic E-state index is -0.408. The van der Waals surface area contributed by atoms with E-state index in [0.29, 0.717) is 36.1 Å². The summed E-state index contributed by atoms with van der Waals surface area (Å²) in [6, 6.07) is 3.07. The van der Waals surface area contributed by atoms with Crippen LogP contribution >= 0.6 is 0 Å². The molecule has 0 radical (unpaired) electrons. The van der Waals surface area contributed by atoms with Crippen LogP contribution in [0.3, 0.4) is 0 Å². The lowest BCUT2D eigenvalue weighted by Crippen LogP contribution is -2.47. The molecule has 0 fully saturated rings. The number of rotatable bonds is 3. The first-order chi connectivity index (χ1) is 9.76. The highest BCUT2D eigenvalue weighted by Crippen LogP contribution is 2.37. The molecule has 1 heterocycles. The third kappa shape index (κ3) is 3.93.